The van der Waals surface area contributed by atoms with E-state index in [9.17, 15) is 0 Å². The number of nitrogens with one attached hydrogen (secondary N) is 1. The molecule has 1 aromatic rings. The molecule has 0 radical (unpaired) electrons. The van der Waals surface area contributed by atoms with Gasteiger partial charge in [0.05, 0.1) is 10.2 Å². The van der Waals surface area contributed by atoms with Gasteiger partial charge >= 0.3 is 0 Å². The molecule has 15 heavy (non-hydrogen) atoms. The van der Waals surface area contributed by atoms with E-state index in [0.29, 0.717) is 0 Å². The molecule has 1 aromatic heterocycles. The van der Waals surface area contributed by atoms with Crippen molar-refractivity contribution in [1.29, 1.82) is 0 Å². The van der Waals surface area contributed by atoms with E-state index in [1.165, 1.54) is 5.56 Å². The third-order valence-electron chi connectivity index (χ3n) is 1.81. The molecule has 0 saturated heterocycles. The number of terminal acetylenes is 1. The number of anilines is 1. The predicted molar refractivity (Wildman–Crippen MR) is 71.3 cm³/mol. The van der Waals surface area contributed by atoms with Gasteiger partial charge in [0.25, 0.3) is 0 Å². The molecule has 0 unspecified atom stereocenters. The molecule has 0 saturated carbocycles. The van der Waals surface area contributed by atoms with Gasteiger partial charge in [0.2, 0.25) is 0 Å². The Morgan fingerprint density at radius 3 is 3.20 bits per heavy atom. The number of nitrogens with zero attached hydrogens (tertiary/aromatic N) is 1. The van der Waals surface area contributed by atoms with Crippen LogP contribution in [0, 0.1) is 19.3 Å². The van der Waals surface area contributed by atoms with Crippen LogP contribution in [-0.2, 0) is 0 Å². The fourth-order valence-electron chi connectivity index (χ4n) is 1.04. The van der Waals surface area contributed by atoms with Crippen LogP contribution in [0.25, 0.3) is 0 Å². The van der Waals surface area contributed by atoms with Crippen molar-refractivity contribution in [1.82, 2.24) is 4.98 Å². The monoisotopic (exact) mass is 284 g/mol. The van der Waals surface area contributed by atoms with Gasteiger partial charge in [-0.3, -0.25) is 0 Å². The summed E-state index contributed by atoms with van der Waals surface area (Å²) in [5.41, 5.74) is 1.18. The molecule has 0 atom stereocenters. The zero-order valence-electron chi connectivity index (χ0n) is 8.59. The lowest BCUT2D eigenvalue weighted by molar-refractivity contribution is 1.15. The van der Waals surface area contributed by atoms with Crippen LogP contribution in [-0.4, -0.2) is 23.0 Å². The highest BCUT2D eigenvalue weighted by Crippen LogP contribution is 2.22. The molecule has 0 aliphatic heterocycles. The maximum absolute atomic E-state index is 5.15. The van der Waals surface area contributed by atoms with Gasteiger partial charge in [0.1, 0.15) is 5.82 Å². The van der Waals surface area contributed by atoms with Crippen molar-refractivity contribution < 1.29 is 0 Å². The number of hydrogen-bond acceptors (Lipinski definition) is 3. The molecule has 4 heteroatoms. The van der Waals surface area contributed by atoms with Crippen molar-refractivity contribution >= 4 is 33.5 Å². The van der Waals surface area contributed by atoms with Crippen LogP contribution >= 0.6 is 27.7 Å². The van der Waals surface area contributed by atoms with Gasteiger partial charge in [-0.1, -0.05) is 5.92 Å². The van der Waals surface area contributed by atoms with Gasteiger partial charge < -0.3 is 5.32 Å². The zero-order valence-corrected chi connectivity index (χ0v) is 11.0. The maximum atomic E-state index is 5.15. The van der Waals surface area contributed by atoms with Crippen LogP contribution in [0.4, 0.5) is 5.82 Å². The molecule has 80 valence electrons. The number of halogens is 1. The molecule has 1 N–H and O–H groups in total. The Kier molecular flexibility index (Phi) is 5.59. The minimum Gasteiger partial charge on any atom is -0.368 e. The van der Waals surface area contributed by atoms with E-state index in [2.05, 4.69) is 32.2 Å². The quantitative estimate of drug-likeness (QED) is 0.665. The summed E-state index contributed by atoms with van der Waals surface area (Å²) in [5.74, 6) is 5.26. The number of rotatable bonds is 5. The van der Waals surface area contributed by atoms with Crippen LogP contribution < -0.4 is 5.32 Å². The highest BCUT2D eigenvalue weighted by Gasteiger charge is 2.02. The molecule has 1 heterocycles. The number of hydrogen-bond donors (Lipinski definition) is 1. The Morgan fingerprint density at radius 1 is 1.67 bits per heavy atom. The minimum absolute atomic E-state index is 0.768. The van der Waals surface area contributed by atoms with Crippen LogP contribution in [0.3, 0.4) is 0 Å². The molecule has 0 fully saturated rings. The highest BCUT2D eigenvalue weighted by atomic mass is 79.9. The molecule has 0 aliphatic carbocycles. The number of aryl methyl sites for hydroxylation is 1. The summed E-state index contributed by atoms with van der Waals surface area (Å²) in [6, 6.07) is 1.97. The first-order chi connectivity index (χ1) is 7.25. The average molecular weight is 285 g/mol. The SMILES string of the molecule is C#CCSCCNc1nccc(C)c1Br. The lowest BCUT2D eigenvalue weighted by atomic mass is 10.3. The van der Waals surface area contributed by atoms with E-state index < -0.39 is 0 Å². The summed E-state index contributed by atoms with van der Waals surface area (Å²) in [6.45, 7) is 2.92. The van der Waals surface area contributed by atoms with E-state index in [4.69, 9.17) is 6.42 Å². The Hall–Kier alpha value is -0.660. The first-order valence-electron chi connectivity index (χ1n) is 4.62. The first-order valence-corrected chi connectivity index (χ1v) is 6.56. The highest BCUT2D eigenvalue weighted by molar-refractivity contribution is 9.10. The summed E-state index contributed by atoms with van der Waals surface area (Å²) in [5, 5.41) is 3.27. The Labute approximate surface area is 103 Å². The Morgan fingerprint density at radius 2 is 2.47 bits per heavy atom. The van der Waals surface area contributed by atoms with Crippen LogP contribution in [0.2, 0.25) is 0 Å². The first kappa shape index (κ1) is 12.4. The fraction of sp³-hybridized carbons (Fsp3) is 0.364. The molecule has 1 rings (SSSR count). The van der Waals surface area contributed by atoms with Gasteiger partial charge in [-0.15, -0.1) is 18.2 Å². The second-order valence-corrected chi connectivity index (χ2v) is 4.87. The predicted octanol–water partition coefficient (Wildman–Crippen LogP) is 2.93. The topological polar surface area (TPSA) is 24.9 Å². The molecule has 0 spiro atoms. The Balaban J connectivity index is 2.38. The van der Waals surface area contributed by atoms with E-state index in [1.807, 2.05) is 13.0 Å². The number of thioether (sulfide) groups is 1. The third-order valence-corrected chi connectivity index (χ3v) is 3.67. The normalized spacial score (nSPS) is 9.67. The minimum atomic E-state index is 0.768. The summed E-state index contributed by atoms with van der Waals surface area (Å²) >= 11 is 5.24. The van der Waals surface area contributed by atoms with Crippen molar-refractivity contribution in [3.63, 3.8) is 0 Å². The zero-order chi connectivity index (χ0) is 11.1. The number of pyridine rings is 1. The van der Waals surface area contributed by atoms with Gasteiger partial charge in [-0.2, -0.15) is 0 Å². The molecular formula is C11H13BrN2S. The van der Waals surface area contributed by atoms with Gasteiger partial charge in [-0.25, -0.2) is 4.98 Å². The molecule has 2 nitrogen and oxygen atoms in total. The van der Waals surface area contributed by atoms with Crippen molar-refractivity contribution in [2.75, 3.05) is 23.4 Å². The smallest absolute Gasteiger partial charge is 0.140 e. The second-order valence-electron chi connectivity index (χ2n) is 2.97. The lowest BCUT2D eigenvalue weighted by Crippen LogP contribution is -2.06. The van der Waals surface area contributed by atoms with Crippen LogP contribution in [0.1, 0.15) is 5.56 Å². The molecule has 0 bridgehead atoms. The third kappa shape index (κ3) is 4.15. The van der Waals surface area contributed by atoms with Crippen LogP contribution in [0.5, 0.6) is 0 Å². The molecule has 0 aromatic carbocycles. The van der Waals surface area contributed by atoms with Gasteiger partial charge in [-0.05, 0) is 34.5 Å². The molecular weight excluding hydrogens is 272 g/mol. The standard InChI is InChI=1S/C11H13BrN2S/c1-3-7-15-8-6-14-11-10(12)9(2)4-5-13-11/h1,4-5H,6-8H2,2H3,(H,13,14). The van der Waals surface area contributed by atoms with Crippen molar-refractivity contribution in [2.45, 2.75) is 6.92 Å². The lowest BCUT2D eigenvalue weighted by Gasteiger charge is -2.08. The Bertz CT molecular complexity index is 360. The molecule has 0 aliphatic rings. The van der Waals surface area contributed by atoms with E-state index in [-0.39, 0.29) is 0 Å². The van der Waals surface area contributed by atoms with Gasteiger partial charge in [0.15, 0.2) is 0 Å². The summed E-state index contributed by atoms with van der Waals surface area (Å²) in [7, 11) is 0. The average Bonchev–Trinajstić information content (AvgIpc) is 2.24. The largest absolute Gasteiger partial charge is 0.368 e. The maximum Gasteiger partial charge on any atom is 0.140 e. The van der Waals surface area contributed by atoms with Crippen molar-refractivity contribution in [2.24, 2.45) is 0 Å². The van der Waals surface area contributed by atoms with Crippen molar-refractivity contribution in [3.05, 3.63) is 22.3 Å². The van der Waals surface area contributed by atoms with E-state index >= 15 is 0 Å². The van der Waals surface area contributed by atoms with Crippen molar-refractivity contribution in [3.8, 4) is 12.3 Å². The van der Waals surface area contributed by atoms with Gasteiger partial charge in [0, 0.05) is 18.5 Å². The second kappa shape index (κ2) is 6.76. The number of aromatic nitrogens is 1. The summed E-state index contributed by atoms with van der Waals surface area (Å²) < 4.78 is 1.03. The molecule has 0 amide bonds. The van der Waals surface area contributed by atoms with Crippen LogP contribution in [0.15, 0.2) is 16.7 Å². The summed E-state index contributed by atoms with van der Waals surface area (Å²) in [4.78, 5) is 4.25. The van der Waals surface area contributed by atoms with E-state index in [1.54, 1.807) is 18.0 Å². The summed E-state index contributed by atoms with van der Waals surface area (Å²) in [6.07, 6.45) is 6.96. The fourth-order valence-corrected chi connectivity index (χ4v) is 1.92. The van der Waals surface area contributed by atoms with E-state index in [0.717, 1.165) is 28.3 Å².